The van der Waals surface area contributed by atoms with E-state index in [1.54, 1.807) is 11.3 Å². The number of aryl methyl sites for hydroxylation is 1. The summed E-state index contributed by atoms with van der Waals surface area (Å²) in [6.45, 7) is 8.69. The van der Waals surface area contributed by atoms with E-state index in [0.717, 1.165) is 6.42 Å². The molecule has 0 saturated carbocycles. The van der Waals surface area contributed by atoms with Gasteiger partial charge in [-0.15, -0.1) is 11.3 Å². The van der Waals surface area contributed by atoms with Crippen molar-refractivity contribution in [1.82, 2.24) is 0 Å². The first kappa shape index (κ1) is 10.7. The Kier molecular flexibility index (Phi) is 3.14. The molecule has 0 saturated heterocycles. The van der Waals surface area contributed by atoms with Crippen molar-refractivity contribution in [2.45, 2.75) is 39.7 Å². The van der Waals surface area contributed by atoms with E-state index in [9.17, 15) is 0 Å². The molecule has 2 N–H and O–H groups in total. The van der Waals surface area contributed by atoms with Gasteiger partial charge in [0.2, 0.25) is 0 Å². The molecule has 0 amide bonds. The summed E-state index contributed by atoms with van der Waals surface area (Å²) in [5.74, 6) is 0.529. The summed E-state index contributed by atoms with van der Waals surface area (Å²) < 4.78 is 0. The predicted octanol–water partition coefficient (Wildman–Crippen LogP) is 3.28. The Morgan fingerprint density at radius 1 is 1.62 bits per heavy atom. The summed E-state index contributed by atoms with van der Waals surface area (Å²) in [6.07, 6.45) is 1.13. The van der Waals surface area contributed by atoms with Crippen LogP contribution in [0.3, 0.4) is 0 Å². The SMILES string of the molecule is CCC(C)C(C)(N)c1ccsc1C. The average Bonchev–Trinajstić information content (AvgIpc) is 2.50. The van der Waals surface area contributed by atoms with Gasteiger partial charge in [0.25, 0.3) is 0 Å². The van der Waals surface area contributed by atoms with Crippen molar-refractivity contribution >= 4 is 11.3 Å². The van der Waals surface area contributed by atoms with Crippen LogP contribution in [-0.4, -0.2) is 0 Å². The van der Waals surface area contributed by atoms with Gasteiger partial charge in [0, 0.05) is 10.4 Å². The zero-order chi connectivity index (χ0) is 10.1. The van der Waals surface area contributed by atoms with E-state index in [0.29, 0.717) is 5.92 Å². The molecule has 0 aliphatic heterocycles. The molecule has 0 fully saturated rings. The minimum Gasteiger partial charge on any atom is -0.321 e. The summed E-state index contributed by atoms with van der Waals surface area (Å²) >= 11 is 1.78. The maximum absolute atomic E-state index is 6.34. The first-order chi connectivity index (χ1) is 6.00. The lowest BCUT2D eigenvalue weighted by Gasteiger charge is -2.31. The third-order valence-corrected chi connectivity index (χ3v) is 3.92. The third kappa shape index (κ3) is 1.94. The first-order valence-electron chi connectivity index (χ1n) is 4.83. The van der Waals surface area contributed by atoms with Crippen LogP contribution in [0.4, 0.5) is 0 Å². The van der Waals surface area contributed by atoms with E-state index in [-0.39, 0.29) is 5.54 Å². The number of thiophene rings is 1. The molecule has 0 radical (unpaired) electrons. The molecule has 13 heavy (non-hydrogen) atoms. The summed E-state index contributed by atoms with van der Waals surface area (Å²) in [7, 11) is 0. The Bertz CT molecular complexity index is 275. The quantitative estimate of drug-likeness (QED) is 0.790. The number of nitrogens with two attached hydrogens (primary N) is 1. The van der Waals surface area contributed by atoms with E-state index < -0.39 is 0 Å². The highest BCUT2D eigenvalue weighted by atomic mass is 32.1. The lowest BCUT2D eigenvalue weighted by Crippen LogP contribution is -2.39. The third-order valence-electron chi connectivity index (χ3n) is 3.08. The van der Waals surface area contributed by atoms with E-state index >= 15 is 0 Å². The highest BCUT2D eigenvalue weighted by Gasteiger charge is 2.29. The number of rotatable bonds is 3. The van der Waals surface area contributed by atoms with Gasteiger partial charge in [-0.25, -0.2) is 0 Å². The summed E-state index contributed by atoms with van der Waals surface area (Å²) in [6, 6.07) is 2.16. The van der Waals surface area contributed by atoms with Gasteiger partial charge < -0.3 is 5.73 Å². The van der Waals surface area contributed by atoms with Crippen molar-refractivity contribution in [3.63, 3.8) is 0 Å². The maximum Gasteiger partial charge on any atom is 0.0417 e. The monoisotopic (exact) mass is 197 g/mol. The largest absolute Gasteiger partial charge is 0.321 e. The smallest absolute Gasteiger partial charge is 0.0417 e. The molecule has 1 aromatic rings. The lowest BCUT2D eigenvalue weighted by atomic mass is 9.80. The minimum atomic E-state index is -0.168. The Hall–Kier alpha value is -0.340. The van der Waals surface area contributed by atoms with Crippen molar-refractivity contribution in [3.05, 3.63) is 21.9 Å². The fourth-order valence-corrected chi connectivity index (χ4v) is 2.46. The van der Waals surface area contributed by atoms with Gasteiger partial charge in [-0.05, 0) is 36.8 Å². The minimum absolute atomic E-state index is 0.168. The Balaban J connectivity index is 2.99. The standard InChI is InChI=1S/C11H19NS/c1-5-8(2)11(4,12)10-6-7-13-9(10)3/h6-8H,5,12H2,1-4H3. The second-order valence-electron chi connectivity index (χ2n) is 3.98. The van der Waals surface area contributed by atoms with Crippen molar-refractivity contribution in [3.8, 4) is 0 Å². The fraction of sp³-hybridized carbons (Fsp3) is 0.636. The highest BCUT2D eigenvalue weighted by Crippen LogP contribution is 2.32. The van der Waals surface area contributed by atoms with Crippen LogP contribution < -0.4 is 5.73 Å². The average molecular weight is 197 g/mol. The van der Waals surface area contributed by atoms with E-state index in [4.69, 9.17) is 5.73 Å². The van der Waals surface area contributed by atoms with Crippen molar-refractivity contribution in [2.75, 3.05) is 0 Å². The van der Waals surface area contributed by atoms with Gasteiger partial charge in [0.05, 0.1) is 0 Å². The van der Waals surface area contributed by atoms with Gasteiger partial charge in [0.15, 0.2) is 0 Å². The molecule has 0 bridgehead atoms. The fourth-order valence-electron chi connectivity index (χ4n) is 1.63. The second-order valence-corrected chi connectivity index (χ2v) is 5.10. The van der Waals surface area contributed by atoms with Crippen LogP contribution >= 0.6 is 11.3 Å². The molecule has 2 atom stereocenters. The van der Waals surface area contributed by atoms with Crippen molar-refractivity contribution in [2.24, 2.45) is 11.7 Å². The van der Waals surface area contributed by atoms with E-state index in [2.05, 4.69) is 39.1 Å². The number of hydrogen-bond donors (Lipinski definition) is 1. The molecule has 2 heteroatoms. The first-order valence-corrected chi connectivity index (χ1v) is 5.71. The zero-order valence-electron chi connectivity index (χ0n) is 8.92. The molecule has 1 nitrogen and oxygen atoms in total. The van der Waals surface area contributed by atoms with Crippen LogP contribution in [0.25, 0.3) is 0 Å². The predicted molar refractivity (Wildman–Crippen MR) is 60.1 cm³/mol. The molecule has 0 spiro atoms. The molecule has 0 aromatic carbocycles. The molecule has 0 aliphatic carbocycles. The maximum atomic E-state index is 6.34. The summed E-state index contributed by atoms with van der Waals surface area (Å²) in [4.78, 5) is 1.35. The zero-order valence-corrected chi connectivity index (χ0v) is 9.74. The van der Waals surface area contributed by atoms with Gasteiger partial charge >= 0.3 is 0 Å². The van der Waals surface area contributed by atoms with E-state index in [1.165, 1.54) is 10.4 Å². The van der Waals surface area contributed by atoms with Crippen LogP contribution in [0.2, 0.25) is 0 Å². The van der Waals surface area contributed by atoms with E-state index in [1.807, 2.05) is 0 Å². The van der Waals surface area contributed by atoms with Gasteiger partial charge in [-0.1, -0.05) is 20.3 Å². The lowest BCUT2D eigenvalue weighted by molar-refractivity contribution is 0.316. The highest BCUT2D eigenvalue weighted by molar-refractivity contribution is 7.10. The van der Waals surface area contributed by atoms with Gasteiger partial charge in [-0.3, -0.25) is 0 Å². The molecule has 74 valence electrons. The second kappa shape index (κ2) is 3.81. The van der Waals surface area contributed by atoms with Crippen molar-refractivity contribution in [1.29, 1.82) is 0 Å². The Labute approximate surface area is 85.0 Å². The topological polar surface area (TPSA) is 26.0 Å². The summed E-state index contributed by atoms with van der Waals surface area (Å²) in [5.41, 5.74) is 7.49. The molecule has 1 heterocycles. The molecule has 1 rings (SSSR count). The molecule has 1 aromatic heterocycles. The molecular weight excluding hydrogens is 178 g/mol. The number of hydrogen-bond acceptors (Lipinski definition) is 2. The molecule has 0 aliphatic rings. The Morgan fingerprint density at radius 3 is 2.62 bits per heavy atom. The van der Waals surface area contributed by atoms with Gasteiger partial charge in [0.1, 0.15) is 0 Å². The van der Waals surface area contributed by atoms with Crippen molar-refractivity contribution < 1.29 is 0 Å². The van der Waals surface area contributed by atoms with Crippen LogP contribution in [0.15, 0.2) is 11.4 Å². The molecular formula is C11H19NS. The summed E-state index contributed by atoms with van der Waals surface area (Å²) in [5, 5.41) is 2.12. The van der Waals surface area contributed by atoms with Gasteiger partial charge in [-0.2, -0.15) is 0 Å². The van der Waals surface area contributed by atoms with Crippen LogP contribution in [0.5, 0.6) is 0 Å². The molecule has 2 unspecified atom stereocenters. The van der Waals surface area contributed by atoms with Crippen LogP contribution in [0.1, 0.15) is 37.6 Å². The van der Waals surface area contributed by atoms with Crippen LogP contribution in [0, 0.1) is 12.8 Å². The Morgan fingerprint density at radius 2 is 2.23 bits per heavy atom. The van der Waals surface area contributed by atoms with Crippen LogP contribution in [-0.2, 0) is 5.54 Å². The normalized spacial score (nSPS) is 18.2.